The van der Waals surface area contributed by atoms with Crippen LogP contribution in [0.15, 0.2) is 36.4 Å². The Hall–Kier alpha value is -1.80. The van der Waals surface area contributed by atoms with Gasteiger partial charge >= 0.3 is 0 Å². The monoisotopic (exact) mass is 269 g/mol. The molecule has 2 N–H and O–H groups in total. The molecule has 0 fully saturated rings. The lowest BCUT2D eigenvalue weighted by Crippen LogP contribution is -2.04. The maximum absolute atomic E-state index is 5.96. The van der Waals surface area contributed by atoms with Gasteiger partial charge in [-0.1, -0.05) is 42.0 Å². The summed E-state index contributed by atoms with van der Waals surface area (Å²) in [5, 5.41) is 0. The number of hydrogen-bond acceptors (Lipinski definition) is 2. The van der Waals surface area contributed by atoms with Crippen LogP contribution >= 0.6 is 0 Å². The number of nitrogens with two attached hydrogens (primary N) is 1. The van der Waals surface area contributed by atoms with Crippen molar-refractivity contribution in [3.8, 4) is 5.75 Å². The molecule has 0 heterocycles. The van der Waals surface area contributed by atoms with Crippen molar-refractivity contribution in [1.82, 2.24) is 0 Å². The van der Waals surface area contributed by atoms with Crippen LogP contribution in [0.2, 0.25) is 0 Å². The van der Waals surface area contributed by atoms with Crippen LogP contribution in [0.1, 0.15) is 27.8 Å². The smallest absolute Gasteiger partial charge is 0.125 e. The summed E-state index contributed by atoms with van der Waals surface area (Å²) in [4.78, 5) is 0. The summed E-state index contributed by atoms with van der Waals surface area (Å²) >= 11 is 0. The van der Waals surface area contributed by atoms with Crippen molar-refractivity contribution < 1.29 is 4.74 Å². The molecule has 0 saturated heterocycles. The summed E-state index contributed by atoms with van der Waals surface area (Å²) in [6.07, 6.45) is 0.914. The Balaban J connectivity index is 1.95. The van der Waals surface area contributed by atoms with Crippen LogP contribution in [-0.4, -0.2) is 6.61 Å². The first kappa shape index (κ1) is 14.6. The number of aryl methyl sites for hydroxylation is 3. The first-order chi connectivity index (χ1) is 9.60. The molecule has 0 saturated carbocycles. The van der Waals surface area contributed by atoms with Crippen LogP contribution in [0.3, 0.4) is 0 Å². The van der Waals surface area contributed by atoms with Gasteiger partial charge in [-0.05, 0) is 43.0 Å². The summed E-state index contributed by atoms with van der Waals surface area (Å²) in [7, 11) is 0. The molecule has 106 valence electrons. The molecule has 0 bridgehead atoms. The van der Waals surface area contributed by atoms with Gasteiger partial charge in [0.1, 0.15) is 5.75 Å². The lowest BCUT2D eigenvalue weighted by molar-refractivity contribution is 0.317. The lowest BCUT2D eigenvalue weighted by atomic mass is 10.1. The molecule has 2 heteroatoms. The first-order valence-electron chi connectivity index (χ1n) is 7.08. The van der Waals surface area contributed by atoms with Gasteiger partial charge in [0.25, 0.3) is 0 Å². The third-order valence-electron chi connectivity index (χ3n) is 3.50. The molecular formula is C18H23NO. The number of hydrogen-bond donors (Lipinski definition) is 1. The van der Waals surface area contributed by atoms with Crippen molar-refractivity contribution in [1.29, 1.82) is 0 Å². The van der Waals surface area contributed by atoms with E-state index in [0.29, 0.717) is 13.2 Å². The van der Waals surface area contributed by atoms with Gasteiger partial charge in [0.15, 0.2) is 0 Å². The zero-order chi connectivity index (χ0) is 14.5. The molecular weight excluding hydrogens is 246 g/mol. The fourth-order valence-corrected chi connectivity index (χ4v) is 2.51. The highest BCUT2D eigenvalue weighted by Crippen LogP contribution is 2.24. The molecule has 0 amide bonds. The minimum absolute atomic E-state index is 0.596. The van der Waals surface area contributed by atoms with Crippen LogP contribution in [0, 0.1) is 20.8 Å². The Labute approximate surface area is 121 Å². The van der Waals surface area contributed by atoms with E-state index < -0.39 is 0 Å². The predicted octanol–water partition coefficient (Wildman–Crippen LogP) is 3.69. The van der Waals surface area contributed by atoms with Gasteiger partial charge in [-0.3, -0.25) is 0 Å². The van der Waals surface area contributed by atoms with Gasteiger partial charge in [0, 0.05) is 13.0 Å². The Morgan fingerprint density at radius 1 is 0.900 bits per heavy atom. The molecule has 0 aromatic heterocycles. The second-order valence-corrected chi connectivity index (χ2v) is 5.35. The van der Waals surface area contributed by atoms with E-state index in [1.54, 1.807) is 0 Å². The van der Waals surface area contributed by atoms with Gasteiger partial charge < -0.3 is 10.5 Å². The number of ether oxygens (including phenoxy) is 1. The number of benzene rings is 2. The lowest BCUT2D eigenvalue weighted by Gasteiger charge is -2.13. The quantitative estimate of drug-likeness (QED) is 0.898. The topological polar surface area (TPSA) is 35.2 Å². The van der Waals surface area contributed by atoms with E-state index in [9.17, 15) is 0 Å². The minimum Gasteiger partial charge on any atom is -0.493 e. The van der Waals surface area contributed by atoms with Crippen LogP contribution in [0.25, 0.3) is 0 Å². The fourth-order valence-electron chi connectivity index (χ4n) is 2.51. The maximum Gasteiger partial charge on any atom is 0.125 e. The van der Waals surface area contributed by atoms with Crippen molar-refractivity contribution in [2.24, 2.45) is 5.73 Å². The fraction of sp³-hybridized carbons (Fsp3) is 0.333. The van der Waals surface area contributed by atoms with Gasteiger partial charge in [0.05, 0.1) is 6.61 Å². The Morgan fingerprint density at radius 3 is 2.00 bits per heavy atom. The van der Waals surface area contributed by atoms with E-state index in [1.807, 2.05) is 0 Å². The zero-order valence-corrected chi connectivity index (χ0v) is 12.6. The average molecular weight is 269 g/mol. The highest BCUT2D eigenvalue weighted by molar-refractivity contribution is 5.43. The predicted molar refractivity (Wildman–Crippen MR) is 84.2 cm³/mol. The van der Waals surface area contributed by atoms with Crippen LogP contribution in [-0.2, 0) is 13.0 Å². The molecule has 0 unspecified atom stereocenters. The van der Waals surface area contributed by atoms with Crippen molar-refractivity contribution in [2.45, 2.75) is 33.7 Å². The van der Waals surface area contributed by atoms with Crippen LogP contribution in [0.4, 0.5) is 0 Å². The van der Waals surface area contributed by atoms with Crippen molar-refractivity contribution in [3.05, 3.63) is 64.2 Å². The van der Waals surface area contributed by atoms with Gasteiger partial charge in [0.2, 0.25) is 0 Å². The molecule has 0 aliphatic carbocycles. The molecule has 0 radical (unpaired) electrons. The third-order valence-corrected chi connectivity index (χ3v) is 3.50. The van der Waals surface area contributed by atoms with Crippen molar-refractivity contribution in [3.63, 3.8) is 0 Å². The van der Waals surface area contributed by atoms with E-state index in [-0.39, 0.29) is 0 Å². The Morgan fingerprint density at radius 2 is 1.45 bits per heavy atom. The van der Waals surface area contributed by atoms with E-state index >= 15 is 0 Å². The third kappa shape index (κ3) is 3.61. The standard InChI is InChI=1S/C18H23NO/c1-13-10-14(2)18(15(3)11-13)20-9-8-16-4-6-17(12-19)7-5-16/h4-7,10-11H,8-9,12,19H2,1-3H3. The summed E-state index contributed by atoms with van der Waals surface area (Å²) < 4.78 is 5.96. The maximum atomic E-state index is 5.96. The summed E-state index contributed by atoms with van der Waals surface area (Å²) in [6.45, 7) is 7.62. The molecule has 2 aromatic rings. The van der Waals surface area contributed by atoms with Crippen molar-refractivity contribution >= 4 is 0 Å². The van der Waals surface area contributed by atoms with E-state index in [2.05, 4.69) is 57.2 Å². The first-order valence-corrected chi connectivity index (χ1v) is 7.08. The summed E-state index contributed by atoms with van der Waals surface area (Å²) in [5.41, 5.74) is 11.7. The van der Waals surface area contributed by atoms with Gasteiger partial charge in [-0.2, -0.15) is 0 Å². The average Bonchev–Trinajstić information content (AvgIpc) is 2.42. The second-order valence-electron chi connectivity index (χ2n) is 5.35. The molecule has 0 aliphatic rings. The molecule has 20 heavy (non-hydrogen) atoms. The molecule has 2 rings (SSSR count). The minimum atomic E-state index is 0.596. The van der Waals surface area contributed by atoms with E-state index in [0.717, 1.165) is 12.2 Å². The van der Waals surface area contributed by atoms with E-state index in [4.69, 9.17) is 10.5 Å². The SMILES string of the molecule is Cc1cc(C)c(OCCc2ccc(CN)cc2)c(C)c1. The molecule has 0 atom stereocenters. The Bertz CT molecular complexity index is 549. The molecule has 0 spiro atoms. The largest absolute Gasteiger partial charge is 0.493 e. The highest BCUT2D eigenvalue weighted by atomic mass is 16.5. The molecule has 2 nitrogen and oxygen atoms in total. The zero-order valence-electron chi connectivity index (χ0n) is 12.6. The summed E-state index contributed by atoms with van der Waals surface area (Å²) in [5.74, 6) is 1.02. The molecule has 2 aromatic carbocycles. The number of rotatable bonds is 5. The summed E-state index contributed by atoms with van der Waals surface area (Å²) in [6, 6.07) is 12.7. The highest BCUT2D eigenvalue weighted by Gasteiger charge is 2.05. The van der Waals surface area contributed by atoms with E-state index in [1.165, 1.54) is 27.8 Å². The normalized spacial score (nSPS) is 10.6. The van der Waals surface area contributed by atoms with Crippen molar-refractivity contribution in [2.75, 3.05) is 6.61 Å². The van der Waals surface area contributed by atoms with Gasteiger partial charge in [-0.25, -0.2) is 0 Å². The van der Waals surface area contributed by atoms with Crippen LogP contribution < -0.4 is 10.5 Å². The Kier molecular flexibility index (Phi) is 4.80. The van der Waals surface area contributed by atoms with Gasteiger partial charge in [-0.15, -0.1) is 0 Å². The molecule has 0 aliphatic heterocycles. The second kappa shape index (κ2) is 6.58. The van der Waals surface area contributed by atoms with Crippen LogP contribution in [0.5, 0.6) is 5.75 Å².